The number of alkyl halides is 4. The first kappa shape index (κ1) is 16.6. The van der Waals surface area contributed by atoms with Crippen LogP contribution >= 0.6 is 27.3 Å². The monoisotopic (exact) mass is 376 g/mol. The fourth-order valence-corrected chi connectivity index (χ4v) is 3.59. The molecule has 1 heterocycles. The Balaban J connectivity index is 1.78. The van der Waals surface area contributed by atoms with E-state index in [1.165, 1.54) is 4.88 Å². The fourth-order valence-electron chi connectivity index (χ4n) is 2.14. The summed E-state index contributed by atoms with van der Waals surface area (Å²) in [7, 11) is 0. The summed E-state index contributed by atoms with van der Waals surface area (Å²) in [6.45, 7) is 0. The molecular formula is C16H16BrF3S. The molecule has 0 N–H and O–H groups in total. The summed E-state index contributed by atoms with van der Waals surface area (Å²) < 4.78 is 37.4. The maximum atomic E-state index is 12.5. The summed E-state index contributed by atoms with van der Waals surface area (Å²) in [4.78, 5) is 1.68. The molecule has 1 aromatic heterocycles. The third-order valence-electron chi connectivity index (χ3n) is 3.26. The molecule has 0 radical (unpaired) electrons. The molecule has 5 heteroatoms. The molecule has 0 spiro atoms. The highest BCUT2D eigenvalue weighted by molar-refractivity contribution is 9.09. The van der Waals surface area contributed by atoms with E-state index >= 15 is 0 Å². The molecule has 0 nitrogen and oxygen atoms in total. The van der Waals surface area contributed by atoms with Gasteiger partial charge in [0.2, 0.25) is 0 Å². The van der Waals surface area contributed by atoms with E-state index < -0.39 is 11.7 Å². The minimum atomic E-state index is -4.26. The highest BCUT2D eigenvalue weighted by atomic mass is 79.9. The van der Waals surface area contributed by atoms with Gasteiger partial charge < -0.3 is 0 Å². The number of aryl methyl sites for hydroxylation is 1. The molecule has 0 fully saturated rings. The molecule has 2 rings (SSSR count). The van der Waals surface area contributed by atoms with Crippen LogP contribution in [0.4, 0.5) is 13.2 Å². The zero-order chi connectivity index (χ0) is 15.3. The molecule has 0 saturated heterocycles. The zero-order valence-corrected chi connectivity index (χ0v) is 13.8. The van der Waals surface area contributed by atoms with E-state index in [2.05, 4.69) is 27.4 Å². The van der Waals surface area contributed by atoms with Crippen molar-refractivity contribution in [2.45, 2.75) is 36.7 Å². The smallest absolute Gasteiger partial charge is 0.166 e. The Morgan fingerprint density at radius 2 is 1.81 bits per heavy atom. The van der Waals surface area contributed by atoms with Crippen LogP contribution in [0.15, 0.2) is 41.8 Å². The first-order chi connectivity index (χ1) is 9.95. The molecule has 21 heavy (non-hydrogen) atoms. The molecule has 114 valence electrons. The Bertz CT molecular complexity index is 532. The second-order valence-corrected chi connectivity index (χ2v) is 7.29. The van der Waals surface area contributed by atoms with E-state index in [0.29, 0.717) is 4.83 Å². The Kier molecular flexibility index (Phi) is 5.88. The number of rotatable bonds is 6. The minimum absolute atomic E-state index is 0.300. The molecule has 0 aliphatic heterocycles. The second-order valence-electron chi connectivity index (χ2n) is 4.97. The fraction of sp³-hybridized carbons (Fsp3) is 0.375. The molecule has 1 atom stereocenters. The van der Waals surface area contributed by atoms with Gasteiger partial charge in [-0.05, 0) is 54.8 Å². The quantitative estimate of drug-likeness (QED) is 0.534. The number of benzene rings is 1. The van der Waals surface area contributed by atoms with Gasteiger partial charge in [-0.3, -0.25) is 0 Å². The third kappa shape index (κ3) is 5.47. The van der Waals surface area contributed by atoms with Crippen LogP contribution in [-0.2, 0) is 19.0 Å². The number of hydrogen-bond acceptors (Lipinski definition) is 1. The summed E-state index contributed by atoms with van der Waals surface area (Å²) in [5, 5.41) is 2.07. The van der Waals surface area contributed by atoms with Crippen LogP contribution in [0, 0.1) is 0 Å². The van der Waals surface area contributed by atoms with E-state index in [1.54, 1.807) is 23.5 Å². The lowest BCUT2D eigenvalue weighted by Gasteiger charge is -2.11. The van der Waals surface area contributed by atoms with Gasteiger partial charge in [-0.15, -0.1) is 11.3 Å². The zero-order valence-electron chi connectivity index (χ0n) is 11.4. The molecule has 0 saturated carbocycles. The second kappa shape index (κ2) is 7.45. The summed E-state index contributed by atoms with van der Waals surface area (Å²) in [6, 6.07) is 9.62. The SMILES string of the molecule is FC(F)(F)c1ccc(CC(Br)CCCc2cccs2)cc1. The highest BCUT2D eigenvalue weighted by Gasteiger charge is 2.29. The van der Waals surface area contributed by atoms with Crippen molar-refractivity contribution in [3.8, 4) is 0 Å². The normalized spacial score (nSPS) is 13.3. The van der Waals surface area contributed by atoms with Gasteiger partial charge in [0.05, 0.1) is 5.56 Å². The maximum absolute atomic E-state index is 12.5. The van der Waals surface area contributed by atoms with Crippen molar-refractivity contribution in [1.82, 2.24) is 0 Å². The maximum Gasteiger partial charge on any atom is 0.416 e. The van der Waals surface area contributed by atoms with Gasteiger partial charge in [0.15, 0.2) is 0 Å². The Labute approximate surface area is 135 Å². The first-order valence-electron chi connectivity index (χ1n) is 6.78. The predicted molar refractivity (Wildman–Crippen MR) is 85.1 cm³/mol. The van der Waals surface area contributed by atoms with Gasteiger partial charge in [0.25, 0.3) is 0 Å². The summed E-state index contributed by atoms with van der Waals surface area (Å²) in [5.41, 5.74) is 0.344. The van der Waals surface area contributed by atoms with E-state index in [-0.39, 0.29) is 0 Å². The van der Waals surface area contributed by atoms with Gasteiger partial charge in [-0.25, -0.2) is 0 Å². The molecule has 0 aliphatic rings. The van der Waals surface area contributed by atoms with E-state index in [4.69, 9.17) is 0 Å². The lowest BCUT2D eigenvalue weighted by atomic mass is 10.0. The largest absolute Gasteiger partial charge is 0.416 e. The average molecular weight is 377 g/mol. The van der Waals surface area contributed by atoms with Gasteiger partial charge in [-0.1, -0.05) is 34.1 Å². The van der Waals surface area contributed by atoms with Crippen LogP contribution in [0.1, 0.15) is 28.8 Å². The van der Waals surface area contributed by atoms with Crippen LogP contribution < -0.4 is 0 Å². The van der Waals surface area contributed by atoms with Crippen molar-refractivity contribution in [3.05, 3.63) is 57.8 Å². The predicted octanol–water partition coefficient (Wildman–Crippen LogP) is 6.10. The van der Waals surface area contributed by atoms with Crippen molar-refractivity contribution < 1.29 is 13.2 Å². The topological polar surface area (TPSA) is 0 Å². The molecule has 0 aliphatic carbocycles. The first-order valence-corrected chi connectivity index (χ1v) is 8.57. The molecular weight excluding hydrogens is 361 g/mol. The highest BCUT2D eigenvalue weighted by Crippen LogP contribution is 2.29. The van der Waals surface area contributed by atoms with Crippen molar-refractivity contribution in [1.29, 1.82) is 0 Å². The van der Waals surface area contributed by atoms with Crippen LogP contribution in [0.25, 0.3) is 0 Å². The van der Waals surface area contributed by atoms with Crippen molar-refractivity contribution in [2.75, 3.05) is 0 Å². The molecule has 0 bridgehead atoms. The average Bonchev–Trinajstić information content (AvgIpc) is 2.91. The molecule has 0 amide bonds. The Hall–Kier alpha value is -0.810. The number of halogens is 4. The summed E-state index contributed by atoms with van der Waals surface area (Å²) in [6.07, 6.45) is -0.349. The van der Waals surface area contributed by atoms with Crippen molar-refractivity contribution in [2.24, 2.45) is 0 Å². The van der Waals surface area contributed by atoms with Gasteiger partial charge in [0, 0.05) is 9.70 Å². The van der Waals surface area contributed by atoms with Gasteiger partial charge >= 0.3 is 6.18 Å². The minimum Gasteiger partial charge on any atom is -0.166 e. The number of thiophene rings is 1. The van der Waals surface area contributed by atoms with E-state index in [0.717, 1.165) is 43.4 Å². The van der Waals surface area contributed by atoms with E-state index in [9.17, 15) is 13.2 Å². The third-order valence-corrected chi connectivity index (χ3v) is 4.98. The van der Waals surface area contributed by atoms with Gasteiger partial charge in [0.1, 0.15) is 0 Å². The van der Waals surface area contributed by atoms with Crippen LogP contribution in [-0.4, -0.2) is 4.83 Å². The summed E-state index contributed by atoms with van der Waals surface area (Å²) >= 11 is 5.38. The molecule has 2 aromatic rings. The van der Waals surface area contributed by atoms with Crippen LogP contribution in [0.3, 0.4) is 0 Å². The number of hydrogen-bond donors (Lipinski definition) is 0. The lowest BCUT2D eigenvalue weighted by molar-refractivity contribution is -0.137. The van der Waals surface area contributed by atoms with E-state index in [1.807, 2.05) is 6.07 Å². The van der Waals surface area contributed by atoms with Gasteiger partial charge in [-0.2, -0.15) is 13.2 Å². The van der Waals surface area contributed by atoms with Crippen LogP contribution in [0.5, 0.6) is 0 Å². The Morgan fingerprint density at radius 3 is 2.38 bits per heavy atom. The lowest BCUT2D eigenvalue weighted by Crippen LogP contribution is -2.06. The van der Waals surface area contributed by atoms with Crippen molar-refractivity contribution in [3.63, 3.8) is 0 Å². The Morgan fingerprint density at radius 1 is 1.10 bits per heavy atom. The van der Waals surface area contributed by atoms with Crippen LogP contribution in [0.2, 0.25) is 0 Å². The summed E-state index contributed by atoms with van der Waals surface area (Å²) in [5.74, 6) is 0. The van der Waals surface area contributed by atoms with Crippen molar-refractivity contribution >= 4 is 27.3 Å². The standard InChI is InChI=1S/C16H16BrF3S/c17-14(3-1-4-15-5-2-10-21-15)11-12-6-8-13(9-7-12)16(18,19)20/h2,5-10,14H,1,3-4,11H2. The molecule has 1 aromatic carbocycles. The molecule has 1 unspecified atom stereocenters.